The molecule has 1 saturated carbocycles. The van der Waals surface area contributed by atoms with Crippen molar-refractivity contribution in [3.05, 3.63) is 70.8 Å². The number of rotatable bonds is 6. The van der Waals surface area contributed by atoms with Crippen molar-refractivity contribution in [2.75, 3.05) is 0 Å². The zero-order valence-electron chi connectivity index (χ0n) is 19.3. The third-order valence-corrected chi connectivity index (χ3v) is 6.50. The molecule has 0 N–H and O–H groups in total. The molecule has 0 unspecified atom stereocenters. The molecule has 0 radical (unpaired) electrons. The molecule has 1 fully saturated rings. The Balaban J connectivity index is 1.59. The standard InChI is InChI=1S/C26H23F2N5O2/c1-31-13-18(11-15-3-4-15)22-23(16-5-8-20(9-6-16)35-26(27)28)25(34)33(30-24(22)31)19-7-10-21-17(12-19)14-32(2)29-21/h5-10,12-15,26H,3-4,11H2,1-2H3. The molecule has 2 aromatic carbocycles. The molecule has 178 valence electrons. The van der Waals surface area contributed by atoms with Crippen LogP contribution in [0.2, 0.25) is 0 Å². The average Bonchev–Trinajstić information content (AvgIpc) is 3.47. The number of halogens is 2. The van der Waals surface area contributed by atoms with Crippen molar-refractivity contribution >= 4 is 21.9 Å². The van der Waals surface area contributed by atoms with Crippen LogP contribution in [0.3, 0.4) is 0 Å². The molecule has 0 spiro atoms. The van der Waals surface area contributed by atoms with Gasteiger partial charge in [-0.25, -0.2) is 0 Å². The zero-order chi connectivity index (χ0) is 24.3. The van der Waals surface area contributed by atoms with E-state index in [0.29, 0.717) is 28.4 Å². The molecule has 1 aliphatic rings. The largest absolute Gasteiger partial charge is 0.435 e. The van der Waals surface area contributed by atoms with Gasteiger partial charge < -0.3 is 9.30 Å². The van der Waals surface area contributed by atoms with E-state index in [1.165, 1.54) is 29.7 Å². The van der Waals surface area contributed by atoms with Crippen LogP contribution in [0.15, 0.2) is 59.7 Å². The highest BCUT2D eigenvalue weighted by atomic mass is 19.3. The van der Waals surface area contributed by atoms with E-state index in [0.717, 1.165) is 28.3 Å². The van der Waals surface area contributed by atoms with Crippen LogP contribution in [0.5, 0.6) is 5.75 Å². The Morgan fingerprint density at radius 1 is 1.06 bits per heavy atom. The Morgan fingerprint density at radius 2 is 1.83 bits per heavy atom. The SMILES string of the molecule is Cn1cc2cc(-n3nc4c(c(CC5CC5)cn4C)c(-c4ccc(OC(F)F)cc4)c3=O)ccc2n1. The van der Waals surface area contributed by atoms with Gasteiger partial charge in [-0.1, -0.05) is 12.1 Å². The number of benzene rings is 2. The molecule has 3 aromatic heterocycles. The Kier molecular flexibility index (Phi) is 4.94. The van der Waals surface area contributed by atoms with Gasteiger partial charge in [-0.15, -0.1) is 5.10 Å². The molecule has 0 aliphatic heterocycles. The molecule has 35 heavy (non-hydrogen) atoms. The normalized spacial score (nSPS) is 13.9. The summed E-state index contributed by atoms with van der Waals surface area (Å²) >= 11 is 0. The fraction of sp³-hybridized carbons (Fsp3) is 0.269. The van der Waals surface area contributed by atoms with Crippen molar-refractivity contribution in [1.29, 1.82) is 0 Å². The minimum atomic E-state index is -2.91. The minimum absolute atomic E-state index is 0.0441. The van der Waals surface area contributed by atoms with Gasteiger partial charge in [0.25, 0.3) is 5.56 Å². The van der Waals surface area contributed by atoms with Crippen LogP contribution in [0.1, 0.15) is 18.4 Å². The summed E-state index contributed by atoms with van der Waals surface area (Å²) in [7, 11) is 3.77. The lowest BCUT2D eigenvalue weighted by molar-refractivity contribution is -0.0498. The van der Waals surface area contributed by atoms with Crippen molar-refractivity contribution in [3.63, 3.8) is 0 Å². The summed E-state index contributed by atoms with van der Waals surface area (Å²) in [4.78, 5) is 14.0. The predicted octanol–water partition coefficient (Wildman–Crippen LogP) is 4.83. The van der Waals surface area contributed by atoms with Crippen molar-refractivity contribution in [2.45, 2.75) is 25.9 Å². The smallest absolute Gasteiger partial charge is 0.387 e. The van der Waals surface area contributed by atoms with Gasteiger partial charge in [-0.2, -0.15) is 18.6 Å². The third kappa shape index (κ3) is 3.86. The van der Waals surface area contributed by atoms with Crippen LogP contribution in [0.25, 0.3) is 38.8 Å². The lowest BCUT2D eigenvalue weighted by atomic mass is 9.99. The zero-order valence-corrected chi connectivity index (χ0v) is 19.3. The summed E-state index contributed by atoms with van der Waals surface area (Å²) in [5.41, 5.74) is 4.07. The second-order valence-electron chi connectivity index (χ2n) is 9.15. The summed E-state index contributed by atoms with van der Waals surface area (Å²) in [6.45, 7) is -2.91. The maximum atomic E-state index is 14.0. The molecule has 0 saturated heterocycles. The fourth-order valence-electron chi connectivity index (χ4n) is 4.73. The molecule has 3 heterocycles. The summed E-state index contributed by atoms with van der Waals surface area (Å²) in [5, 5.41) is 10.9. The number of aryl methyl sites for hydroxylation is 2. The van der Waals surface area contributed by atoms with Gasteiger partial charge in [-0.05, 0) is 66.6 Å². The number of hydrogen-bond acceptors (Lipinski definition) is 4. The first-order valence-corrected chi connectivity index (χ1v) is 11.5. The summed E-state index contributed by atoms with van der Waals surface area (Å²) in [6, 6.07) is 11.8. The van der Waals surface area contributed by atoms with Crippen LogP contribution in [-0.4, -0.2) is 30.7 Å². The second-order valence-corrected chi connectivity index (χ2v) is 9.15. The molecule has 0 atom stereocenters. The van der Waals surface area contributed by atoms with Crippen molar-refractivity contribution in [3.8, 4) is 22.6 Å². The highest BCUT2D eigenvalue weighted by molar-refractivity contribution is 5.96. The van der Waals surface area contributed by atoms with Crippen LogP contribution in [0, 0.1) is 5.92 Å². The minimum Gasteiger partial charge on any atom is -0.435 e. The van der Waals surface area contributed by atoms with Crippen molar-refractivity contribution in [1.82, 2.24) is 24.1 Å². The van der Waals surface area contributed by atoms with Gasteiger partial charge >= 0.3 is 6.61 Å². The number of fused-ring (bicyclic) bond motifs is 2. The first-order chi connectivity index (χ1) is 16.9. The summed E-state index contributed by atoms with van der Waals surface area (Å²) < 4.78 is 34.9. The molecule has 9 heteroatoms. The average molecular weight is 475 g/mol. The highest BCUT2D eigenvalue weighted by Gasteiger charge is 2.26. The molecular weight excluding hydrogens is 452 g/mol. The first kappa shape index (κ1) is 21.5. The molecule has 0 bridgehead atoms. The Labute approximate surface area is 199 Å². The van der Waals surface area contributed by atoms with Crippen LogP contribution < -0.4 is 10.3 Å². The Morgan fingerprint density at radius 3 is 2.54 bits per heavy atom. The van der Waals surface area contributed by atoms with Gasteiger partial charge in [0.2, 0.25) is 0 Å². The van der Waals surface area contributed by atoms with Crippen LogP contribution >= 0.6 is 0 Å². The van der Waals surface area contributed by atoms with E-state index in [1.807, 2.05) is 49.3 Å². The maximum absolute atomic E-state index is 14.0. The molecule has 1 aliphatic carbocycles. The Hall–Kier alpha value is -4.01. The number of aromatic nitrogens is 5. The van der Waals surface area contributed by atoms with Gasteiger partial charge in [0.15, 0.2) is 5.65 Å². The number of nitrogens with zero attached hydrogens (tertiary/aromatic N) is 5. The first-order valence-electron chi connectivity index (χ1n) is 11.5. The van der Waals surface area contributed by atoms with Gasteiger partial charge in [0.05, 0.1) is 16.8 Å². The van der Waals surface area contributed by atoms with Crippen LogP contribution in [0.4, 0.5) is 8.78 Å². The van der Waals surface area contributed by atoms with E-state index in [9.17, 15) is 13.6 Å². The predicted molar refractivity (Wildman–Crippen MR) is 129 cm³/mol. The summed E-state index contributed by atoms with van der Waals surface area (Å²) in [6.07, 6.45) is 7.18. The van der Waals surface area contributed by atoms with E-state index in [2.05, 4.69) is 9.84 Å². The van der Waals surface area contributed by atoms with Crippen molar-refractivity contribution in [2.24, 2.45) is 20.0 Å². The second kappa shape index (κ2) is 8.04. The lowest BCUT2D eigenvalue weighted by Crippen LogP contribution is -2.23. The Bertz CT molecular complexity index is 1630. The monoisotopic (exact) mass is 475 g/mol. The topological polar surface area (TPSA) is 66.9 Å². The fourth-order valence-corrected chi connectivity index (χ4v) is 4.73. The van der Waals surface area contributed by atoms with E-state index in [4.69, 9.17) is 5.10 Å². The molecule has 7 nitrogen and oxygen atoms in total. The molecular formula is C26H23F2N5O2. The quantitative estimate of drug-likeness (QED) is 0.353. The molecule has 0 amide bonds. The van der Waals surface area contributed by atoms with Crippen LogP contribution in [-0.2, 0) is 20.5 Å². The maximum Gasteiger partial charge on any atom is 0.387 e. The van der Waals surface area contributed by atoms with Gasteiger partial charge in [0.1, 0.15) is 5.75 Å². The lowest BCUT2D eigenvalue weighted by Gasteiger charge is -2.12. The molecule has 5 aromatic rings. The van der Waals surface area contributed by atoms with Gasteiger partial charge in [0, 0.05) is 37.3 Å². The summed E-state index contributed by atoms with van der Waals surface area (Å²) in [5.74, 6) is 0.661. The number of alkyl halides is 2. The third-order valence-electron chi connectivity index (χ3n) is 6.50. The molecule has 6 rings (SSSR count). The number of ether oxygens (including phenoxy) is 1. The van der Waals surface area contributed by atoms with Crippen molar-refractivity contribution < 1.29 is 13.5 Å². The van der Waals surface area contributed by atoms with E-state index < -0.39 is 6.61 Å². The highest BCUT2D eigenvalue weighted by Crippen LogP contribution is 2.37. The number of hydrogen-bond donors (Lipinski definition) is 0. The van der Waals surface area contributed by atoms with E-state index >= 15 is 0 Å². The van der Waals surface area contributed by atoms with E-state index in [1.54, 1.807) is 16.8 Å². The van der Waals surface area contributed by atoms with Gasteiger partial charge in [-0.3, -0.25) is 9.48 Å². The van der Waals surface area contributed by atoms with E-state index in [-0.39, 0.29) is 11.3 Å².